The van der Waals surface area contributed by atoms with Crippen molar-refractivity contribution in [1.82, 2.24) is 25.3 Å². The van der Waals surface area contributed by atoms with E-state index in [0.717, 1.165) is 29.4 Å². The zero-order valence-corrected chi connectivity index (χ0v) is 14.9. The van der Waals surface area contributed by atoms with Crippen molar-refractivity contribution >= 4 is 22.8 Å². The van der Waals surface area contributed by atoms with E-state index in [2.05, 4.69) is 20.6 Å². The molecule has 4 rings (SSSR count). The van der Waals surface area contributed by atoms with Gasteiger partial charge >= 0.3 is 5.97 Å². The van der Waals surface area contributed by atoms with Gasteiger partial charge < -0.3 is 10.1 Å². The van der Waals surface area contributed by atoms with Gasteiger partial charge in [0.05, 0.1) is 23.5 Å². The molecule has 1 aliphatic rings. The Morgan fingerprint density at radius 1 is 1.26 bits per heavy atom. The molecule has 0 radical (unpaired) electrons. The van der Waals surface area contributed by atoms with Crippen molar-refractivity contribution in [1.29, 1.82) is 0 Å². The normalized spacial score (nSPS) is 13.5. The SMILES string of the molecule is Cc1c(C(=O)NCC(=O)OCC2CC2)nnn1-c1cccc2cccnc12. The summed E-state index contributed by atoms with van der Waals surface area (Å²) in [7, 11) is 0. The summed E-state index contributed by atoms with van der Waals surface area (Å²) in [5.74, 6) is -0.421. The Labute approximate surface area is 155 Å². The Kier molecular flexibility index (Phi) is 4.53. The van der Waals surface area contributed by atoms with Crippen LogP contribution in [0.5, 0.6) is 0 Å². The Morgan fingerprint density at radius 3 is 2.89 bits per heavy atom. The molecule has 2 aromatic heterocycles. The zero-order chi connectivity index (χ0) is 18.8. The summed E-state index contributed by atoms with van der Waals surface area (Å²) in [5.41, 5.74) is 2.24. The molecule has 27 heavy (non-hydrogen) atoms. The number of hydrogen-bond acceptors (Lipinski definition) is 6. The van der Waals surface area contributed by atoms with Gasteiger partial charge in [-0.2, -0.15) is 0 Å². The highest BCUT2D eigenvalue weighted by molar-refractivity contribution is 5.95. The van der Waals surface area contributed by atoms with Gasteiger partial charge in [0.25, 0.3) is 5.91 Å². The first-order valence-electron chi connectivity index (χ1n) is 8.83. The minimum atomic E-state index is -0.463. The van der Waals surface area contributed by atoms with Crippen LogP contribution in [0.2, 0.25) is 0 Å². The number of amides is 1. The highest BCUT2D eigenvalue weighted by atomic mass is 16.5. The number of carbonyl (C=O) groups excluding carboxylic acids is 2. The Bertz CT molecular complexity index is 1000. The molecule has 0 unspecified atom stereocenters. The maximum Gasteiger partial charge on any atom is 0.325 e. The number of nitrogens with zero attached hydrogens (tertiary/aromatic N) is 4. The highest BCUT2D eigenvalue weighted by Gasteiger charge is 2.23. The lowest BCUT2D eigenvalue weighted by Gasteiger charge is -2.07. The molecule has 0 bridgehead atoms. The number of aromatic nitrogens is 4. The van der Waals surface area contributed by atoms with E-state index in [1.165, 1.54) is 0 Å². The lowest BCUT2D eigenvalue weighted by atomic mass is 10.2. The predicted octanol–water partition coefficient (Wildman–Crippen LogP) is 1.81. The average molecular weight is 365 g/mol. The molecule has 1 saturated carbocycles. The molecule has 1 aliphatic carbocycles. The van der Waals surface area contributed by atoms with Gasteiger partial charge in [0.1, 0.15) is 6.54 Å². The molecule has 1 fully saturated rings. The summed E-state index contributed by atoms with van der Waals surface area (Å²) in [6, 6.07) is 9.55. The minimum Gasteiger partial charge on any atom is -0.464 e. The van der Waals surface area contributed by atoms with Gasteiger partial charge in [-0.25, -0.2) is 4.68 Å². The van der Waals surface area contributed by atoms with Crippen molar-refractivity contribution < 1.29 is 14.3 Å². The topological polar surface area (TPSA) is 99.0 Å². The van der Waals surface area contributed by atoms with Crippen molar-refractivity contribution in [2.75, 3.05) is 13.2 Å². The second-order valence-electron chi connectivity index (χ2n) is 6.60. The van der Waals surface area contributed by atoms with Crippen LogP contribution in [0.25, 0.3) is 16.6 Å². The van der Waals surface area contributed by atoms with E-state index in [1.54, 1.807) is 17.8 Å². The van der Waals surface area contributed by atoms with E-state index in [1.807, 2.05) is 30.3 Å². The number of fused-ring (bicyclic) bond motifs is 1. The monoisotopic (exact) mass is 365 g/mol. The van der Waals surface area contributed by atoms with E-state index in [-0.39, 0.29) is 12.2 Å². The van der Waals surface area contributed by atoms with E-state index < -0.39 is 11.9 Å². The summed E-state index contributed by atoms with van der Waals surface area (Å²) >= 11 is 0. The van der Waals surface area contributed by atoms with E-state index in [0.29, 0.717) is 18.2 Å². The number of pyridine rings is 1. The minimum absolute atomic E-state index is 0.165. The molecule has 1 N–H and O–H groups in total. The van der Waals surface area contributed by atoms with Crippen LogP contribution in [-0.2, 0) is 9.53 Å². The van der Waals surface area contributed by atoms with Gasteiger partial charge in [0, 0.05) is 11.6 Å². The maximum atomic E-state index is 12.4. The summed E-state index contributed by atoms with van der Waals surface area (Å²) in [5, 5.41) is 11.6. The van der Waals surface area contributed by atoms with Gasteiger partial charge in [0.2, 0.25) is 0 Å². The first-order chi connectivity index (χ1) is 13.1. The quantitative estimate of drug-likeness (QED) is 0.669. The summed E-state index contributed by atoms with van der Waals surface area (Å²) in [6.07, 6.45) is 3.91. The largest absolute Gasteiger partial charge is 0.464 e. The van der Waals surface area contributed by atoms with Gasteiger partial charge in [-0.1, -0.05) is 23.4 Å². The van der Waals surface area contributed by atoms with Crippen LogP contribution in [0.15, 0.2) is 36.5 Å². The van der Waals surface area contributed by atoms with Gasteiger partial charge in [0.15, 0.2) is 5.69 Å². The molecule has 1 aromatic carbocycles. The fraction of sp³-hybridized carbons (Fsp3) is 0.316. The number of para-hydroxylation sites is 1. The molecule has 0 saturated heterocycles. The number of carbonyl (C=O) groups is 2. The van der Waals surface area contributed by atoms with Crippen molar-refractivity contribution in [2.45, 2.75) is 19.8 Å². The number of benzene rings is 1. The standard InChI is InChI=1S/C19H19N5O3/c1-12-17(19(26)21-10-16(25)27-11-13-7-8-13)22-23-24(12)15-6-2-4-14-5-3-9-20-18(14)15/h2-6,9,13H,7-8,10-11H2,1H3,(H,21,26). The third-order valence-corrected chi connectivity index (χ3v) is 4.52. The molecule has 3 aromatic rings. The third kappa shape index (κ3) is 3.64. The molecule has 138 valence electrons. The Balaban J connectivity index is 1.49. The van der Waals surface area contributed by atoms with Crippen molar-refractivity contribution in [2.24, 2.45) is 5.92 Å². The van der Waals surface area contributed by atoms with Gasteiger partial charge in [-0.3, -0.25) is 14.6 Å². The van der Waals surface area contributed by atoms with Gasteiger partial charge in [-0.05, 0) is 37.8 Å². The smallest absolute Gasteiger partial charge is 0.325 e. The van der Waals surface area contributed by atoms with Crippen LogP contribution in [0.3, 0.4) is 0 Å². The van der Waals surface area contributed by atoms with Crippen LogP contribution in [0, 0.1) is 12.8 Å². The van der Waals surface area contributed by atoms with E-state index >= 15 is 0 Å². The first-order valence-corrected chi connectivity index (χ1v) is 8.83. The van der Waals surface area contributed by atoms with Crippen LogP contribution in [-0.4, -0.2) is 45.0 Å². The van der Waals surface area contributed by atoms with Crippen molar-refractivity contribution in [3.8, 4) is 5.69 Å². The second-order valence-corrected chi connectivity index (χ2v) is 6.60. The van der Waals surface area contributed by atoms with Crippen molar-refractivity contribution in [3.63, 3.8) is 0 Å². The van der Waals surface area contributed by atoms with Crippen LogP contribution >= 0.6 is 0 Å². The van der Waals surface area contributed by atoms with E-state index in [9.17, 15) is 9.59 Å². The Morgan fingerprint density at radius 2 is 2.07 bits per heavy atom. The maximum absolute atomic E-state index is 12.4. The molecule has 1 amide bonds. The molecule has 0 spiro atoms. The molecular weight excluding hydrogens is 346 g/mol. The van der Waals surface area contributed by atoms with E-state index in [4.69, 9.17) is 4.74 Å². The number of rotatable bonds is 6. The Hall–Kier alpha value is -3.29. The summed E-state index contributed by atoms with van der Waals surface area (Å²) in [4.78, 5) is 28.5. The number of ether oxygens (including phenoxy) is 1. The zero-order valence-electron chi connectivity index (χ0n) is 14.9. The second kappa shape index (κ2) is 7.14. The number of nitrogens with one attached hydrogen (secondary N) is 1. The molecule has 0 atom stereocenters. The highest BCUT2D eigenvalue weighted by Crippen LogP contribution is 2.28. The predicted molar refractivity (Wildman–Crippen MR) is 97.4 cm³/mol. The number of esters is 1. The first kappa shape index (κ1) is 17.1. The summed E-state index contributed by atoms with van der Waals surface area (Å²) in [6.45, 7) is 1.99. The molecule has 8 heteroatoms. The van der Waals surface area contributed by atoms with Crippen molar-refractivity contribution in [3.05, 3.63) is 47.9 Å². The molecular formula is C19H19N5O3. The molecule has 0 aliphatic heterocycles. The molecule has 8 nitrogen and oxygen atoms in total. The number of hydrogen-bond donors (Lipinski definition) is 1. The van der Waals surface area contributed by atoms with Crippen LogP contribution < -0.4 is 5.32 Å². The lowest BCUT2D eigenvalue weighted by molar-refractivity contribution is -0.142. The summed E-state index contributed by atoms with van der Waals surface area (Å²) < 4.78 is 6.68. The fourth-order valence-electron chi connectivity index (χ4n) is 2.81. The molecule has 2 heterocycles. The third-order valence-electron chi connectivity index (χ3n) is 4.52. The average Bonchev–Trinajstić information content (AvgIpc) is 3.45. The van der Waals surface area contributed by atoms with Crippen LogP contribution in [0.4, 0.5) is 0 Å². The van der Waals surface area contributed by atoms with Gasteiger partial charge in [-0.15, -0.1) is 5.10 Å². The van der Waals surface area contributed by atoms with Crippen LogP contribution in [0.1, 0.15) is 29.0 Å². The fourth-order valence-corrected chi connectivity index (χ4v) is 2.81. The lowest BCUT2D eigenvalue weighted by Crippen LogP contribution is -2.31.